The lowest BCUT2D eigenvalue weighted by Crippen LogP contribution is -2.28. The zero-order valence-electron chi connectivity index (χ0n) is 11.8. The normalized spacial score (nSPS) is 25.6. The summed E-state index contributed by atoms with van der Waals surface area (Å²) in [5, 5.41) is 3.62. The first-order valence-corrected chi connectivity index (χ1v) is 8.56. The van der Waals surface area contributed by atoms with Crippen molar-refractivity contribution in [1.82, 2.24) is 5.32 Å². The monoisotopic (exact) mass is 293 g/mol. The van der Waals surface area contributed by atoms with Crippen molar-refractivity contribution in [2.24, 2.45) is 0 Å². The van der Waals surface area contributed by atoms with Crippen LogP contribution >= 0.6 is 11.8 Å². The summed E-state index contributed by atoms with van der Waals surface area (Å²) in [5.74, 6) is 1.20. The van der Waals surface area contributed by atoms with Gasteiger partial charge in [-0.1, -0.05) is 18.2 Å². The molecule has 1 aromatic carbocycles. The van der Waals surface area contributed by atoms with Gasteiger partial charge in [-0.2, -0.15) is 0 Å². The molecule has 2 atom stereocenters. The second kappa shape index (κ2) is 7.46. The quantitative estimate of drug-likeness (QED) is 0.817. The standard InChI is InChI=1S/C16H23NO2S/c1-2-6-16-14(5-1)15(7-11-20-16)17-8-10-18-12-13-4-3-9-19-13/h1-2,5-6,13,15,17H,3-4,7-12H2. The lowest BCUT2D eigenvalue weighted by molar-refractivity contribution is 0.0178. The van der Waals surface area contributed by atoms with Crippen LogP contribution in [0.3, 0.4) is 0 Å². The van der Waals surface area contributed by atoms with Crippen LogP contribution in [-0.2, 0) is 9.47 Å². The Bertz CT molecular complexity index is 421. The third-order valence-corrected chi connectivity index (χ3v) is 5.05. The number of benzene rings is 1. The van der Waals surface area contributed by atoms with Gasteiger partial charge in [0.2, 0.25) is 0 Å². The largest absolute Gasteiger partial charge is 0.377 e. The second-order valence-electron chi connectivity index (χ2n) is 5.39. The Morgan fingerprint density at radius 3 is 3.15 bits per heavy atom. The van der Waals surface area contributed by atoms with Crippen molar-refractivity contribution < 1.29 is 9.47 Å². The van der Waals surface area contributed by atoms with Gasteiger partial charge in [0.15, 0.2) is 0 Å². The molecule has 0 aromatic heterocycles. The molecule has 2 aliphatic rings. The minimum atomic E-state index is 0.335. The summed E-state index contributed by atoms with van der Waals surface area (Å²) < 4.78 is 11.3. The van der Waals surface area contributed by atoms with Crippen molar-refractivity contribution in [1.29, 1.82) is 0 Å². The SMILES string of the molecule is c1ccc2c(c1)SCCC2NCCOCC1CCCO1. The van der Waals surface area contributed by atoms with Crippen LogP contribution in [0.15, 0.2) is 29.2 Å². The summed E-state index contributed by atoms with van der Waals surface area (Å²) in [7, 11) is 0. The van der Waals surface area contributed by atoms with Crippen LogP contribution < -0.4 is 5.32 Å². The maximum Gasteiger partial charge on any atom is 0.0809 e. The number of hydrogen-bond acceptors (Lipinski definition) is 4. The zero-order valence-corrected chi connectivity index (χ0v) is 12.7. The van der Waals surface area contributed by atoms with Gasteiger partial charge in [0.1, 0.15) is 0 Å². The molecule has 0 aliphatic carbocycles. The van der Waals surface area contributed by atoms with E-state index in [0.717, 1.165) is 32.8 Å². The number of nitrogens with one attached hydrogen (secondary N) is 1. The van der Waals surface area contributed by atoms with Crippen LogP contribution in [0.4, 0.5) is 0 Å². The molecule has 0 radical (unpaired) electrons. The topological polar surface area (TPSA) is 30.5 Å². The van der Waals surface area contributed by atoms with Gasteiger partial charge in [0, 0.05) is 24.1 Å². The third-order valence-electron chi connectivity index (χ3n) is 3.92. The molecule has 3 nitrogen and oxygen atoms in total. The molecule has 0 saturated carbocycles. The van der Waals surface area contributed by atoms with Crippen molar-refractivity contribution in [3.63, 3.8) is 0 Å². The van der Waals surface area contributed by atoms with E-state index in [1.54, 1.807) is 0 Å². The predicted octanol–water partition coefficient (Wildman–Crippen LogP) is 3.01. The summed E-state index contributed by atoms with van der Waals surface area (Å²) in [4.78, 5) is 1.43. The first-order valence-electron chi connectivity index (χ1n) is 7.58. The van der Waals surface area contributed by atoms with Crippen molar-refractivity contribution in [3.8, 4) is 0 Å². The van der Waals surface area contributed by atoms with Crippen LogP contribution in [0.2, 0.25) is 0 Å². The maximum atomic E-state index is 5.70. The summed E-state index contributed by atoms with van der Waals surface area (Å²) in [5.41, 5.74) is 1.45. The van der Waals surface area contributed by atoms with E-state index in [0.29, 0.717) is 12.1 Å². The number of rotatable bonds is 6. The van der Waals surface area contributed by atoms with Gasteiger partial charge in [-0.3, -0.25) is 0 Å². The minimum Gasteiger partial charge on any atom is -0.377 e. The Hall–Kier alpha value is -0.550. The average Bonchev–Trinajstić information content (AvgIpc) is 3.00. The first-order chi connectivity index (χ1) is 9.93. The highest BCUT2D eigenvalue weighted by Crippen LogP contribution is 2.35. The fourth-order valence-electron chi connectivity index (χ4n) is 2.85. The Kier molecular flexibility index (Phi) is 5.36. The molecule has 2 unspecified atom stereocenters. The Balaban J connectivity index is 1.38. The van der Waals surface area contributed by atoms with Gasteiger partial charge >= 0.3 is 0 Å². The van der Waals surface area contributed by atoms with E-state index in [4.69, 9.17) is 9.47 Å². The first kappa shape index (κ1) is 14.4. The zero-order chi connectivity index (χ0) is 13.6. The molecule has 20 heavy (non-hydrogen) atoms. The van der Waals surface area contributed by atoms with Crippen molar-refractivity contribution in [2.45, 2.75) is 36.3 Å². The predicted molar refractivity (Wildman–Crippen MR) is 82.3 cm³/mol. The highest BCUT2D eigenvalue weighted by atomic mass is 32.2. The Labute approximate surface area is 125 Å². The second-order valence-corrected chi connectivity index (χ2v) is 6.53. The van der Waals surface area contributed by atoms with Crippen LogP contribution in [0.1, 0.15) is 30.9 Å². The number of ether oxygens (including phenoxy) is 2. The third kappa shape index (κ3) is 3.76. The summed E-state index contributed by atoms with van der Waals surface area (Å²) >= 11 is 1.97. The van der Waals surface area contributed by atoms with Gasteiger partial charge in [-0.05, 0) is 36.6 Å². The fraction of sp³-hybridized carbons (Fsp3) is 0.625. The molecule has 3 rings (SSSR count). The van der Waals surface area contributed by atoms with E-state index in [2.05, 4.69) is 29.6 Å². The summed E-state index contributed by atoms with van der Waals surface area (Å²) in [6.07, 6.45) is 3.87. The fourth-order valence-corrected chi connectivity index (χ4v) is 3.98. The van der Waals surface area contributed by atoms with E-state index in [1.807, 2.05) is 11.8 Å². The van der Waals surface area contributed by atoms with E-state index in [1.165, 1.54) is 29.1 Å². The number of hydrogen-bond donors (Lipinski definition) is 1. The van der Waals surface area contributed by atoms with Gasteiger partial charge in [-0.15, -0.1) is 11.8 Å². The lowest BCUT2D eigenvalue weighted by Gasteiger charge is -2.26. The molecule has 1 N–H and O–H groups in total. The molecule has 0 bridgehead atoms. The Morgan fingerprint density at radius 2 is 2.25 bits per heavy atom. The van der Waals surface area contributed by atoms with Crippen LogP contribution in [0.5, 0.6) is 0 Å². The number of thioether (sulfide) groups is 1. The van der Waals surface area contributed by atoms with Gasteiger partial charge in [0.25, 0.3) is 0 Å². The number of fused-ring (bicyclic) bond motifs is 1. The average molecular weight is 293 g/mol. The van der Waals surface area contributed by atoms with Crippen LogP contribution in [-0.4, -0.2) is 38.2 Å². The molecule has 0 spiro atoms. The van der Waals surface area contributed by atoms with Crippen molar-refractivity contribution in [2.75, 3.05) is 32.1 Å². The van der Waals surface area contributed by atoms with Gasteiger partial charge < -0.3 is 14.8 Å². The van der Waals surface area contributed by atoms with Crippen LogP contribution in [0, 0.1) is 0 Å². The molecule has 1 fully saturated rings. The molecule has 2 aliphatic heterocycles. The van der Waals surface area contributed by atoms with E-state index < -0.39 is 0 Å². The van der Waals surface area contributed by atoms with Crippen LogP contribution in [0.25, 0.3) is 0 Å². The maximum absolute atomic E-state index is 5.70. The molecule has 2 heterocycles. The Morgan fingerprint density at radius 1 is 1.30 bits per heavy atom. The smallest absolute Gasteiger partial charge is 0.0809 e. The molecule has 0 amide bonds. The van der Waals surface area contributed by atoms with E-state index in [9.17, 15) is 0 Å². The van der Waals surface area contributed by atoms with Gasteiger partial charge in [0.05, 0.1) is 19.3 Å². The summed E-state index contributed by atoms with van der Waals surface area (Å²) in [6.45, 7) is 3.34. The summed E-state index contributed by atoms with van der Waals surface area (Å²) in [6, 6.07) is 9.21. The van der Waals surface area contributed by atoms with Crippen molar-refractivity contribution >= 4 is 11.8 Å². The molecular weight excluding hydrogens is 270 g/mol. The molecule has 1 aromatic rings. The highest BCUT2D eigenvalue weighted by molar-refractivity contribution is 7.99. The lowest BCUT2D eigenvalue weighted by atomic mass is 10.0. The van der Waals surface area contributed by atoms with Gasteiger partial charge in [-0.25, -0.2) is 0 Å². The minimum absolute atomic E-state index is 0.335. The molecule has 4 heteroatoms. The van der Waals surface area contributed by atoms with E-state index >= 15 is 0 Å². The molecule has 1 saturated heterocycles. The van der Waals surface area contributed by atoms with Crippen molar-refractivity contribution in [3.05, 3.63) is 29.8 Å². The highest BCUT2D eigenvalue weighted by Gasteiger charge is 2.19. The molecular formula is C16H23NO2S. The molecule has 110 valence electrons. The van der Waals surface area contributed by atoms with E-state index in [-0.39, 0.29) is 0 Å².